The summed E-state index contributed by atoms with van der Waals surface area (Å²) in [5.41, 5.74) is 0.717. The number of methoxy groups -OCH3 is 2. The normalized spacial score (nSPS) is 10.5. The van der Waals surface area contributed by atoms with Crippen molar-refractivity contribution in [2.45, 2.75) is 0 Å². The lowest BCUT2D eigenvalue weighted by Gasteiger charge is -2.07. The van der Waals surface area contributed by atoms with Crippen LogP contribution in [0.3, 0.4) is 0 Å². The number of furan rings is 1. The van der Waals surface area contributed by atoms with Crippen LogP contribution in [0.4, 0.5) is 0 Å². The first-order chi connectivity index (χ1) is 9.81. The fraction of sp³-hybridized carbons (Fsp3) is 0.143. The zero-order valence-electron chi connectivity index (χ0n) is 11.0. The fourth-order valence-corrected chi connectivity index (χ4v) is 1.82. The van der Waals surface area contributed by atoms with E-state index >= 15 is 0 Å². The number of nitrogens with zero attached hydrogens (tertiary/aromatic N) is 2. The summed E-state index contributed by atoms with van der Waals surface area (Å²) in [6.45, 7) is 0. The molecule has 1 aromatic carbocycles. The van der Waals surface area contributed by atoms with Gasteiger partial charge in [0.15, 0.2) is 5.76 Å². The van der Waals surface area contributed by atoms with E-state index in [4.69, 9.17) is 18.4 Å². The van der Waals surface area contributed by atoms with Crippen LogP contribution in [0.15, 0.2) is 45.5 Å². The lowest BCUT2D eigenvalue weighted by molar-refractivity contribution is 0.394. The summed E-state index contributed by atoms with van der Waals surface area (Å²) in [4.78, 5) is 4.29. The fourth-order valence-electron chi connectivity index (χ4n) is 1.82. The first-order valence-electron chi connectivity index (χ1n) is 5.92. The molecule has 0 bridgehead atoms. The van der Waals surface area contributed by atoms with Crippen LogP contribution in [-0.2, 0) is 0 Å². The molecule has 0 fully saturated rings. The monoisotopic (exact) mass is 272 g/mol. The summed E-state index contributed by atoms with van der Waals surface area (Å²) < 4.78 is 20.9. The van der Waals surface area contributed by atoms with E-state index in [1.54, 1.807) is 44.7 Å². The van der Waals surface area contributed by atoms with Crippen LogP contribution in [-0.4, -0.2) is 24.4 Å². The van der Waals surface area contributed by atoms with E-state index in [9.17, 15) is 0 Å². The van der Waals surface area contributed by atoms with Crippen LogP contribution in [0, 0.1) is 0 Å². The van der Waals surface area contributed by atoms with Crippen molar-refractivity contribution in [3.05, 3.63) is 36.6 Å². The van der Waals surface area contributed by atoms with Crippen LogP contribution in [0.2, 0.25) is 0 Å². The van der Waals surface area contributed by atoms with Gasteiger partial charge >= 0.3 is 0 Å². The molecule has 3 aromatic rings. The highest BCUT2D eigenvalue weighted by atomic mass is 16.5. The molecule has 0 aliphatic heterocycles. The molecule has 0 atom stereocenters. The van der Waals surface area contributed by atoms with Crippen LogP contribution in [0.1, 0.15) is 0 Å². The third kappa shape index (κ3) is 2.11. The van der Waals surface area contributed by atoms with E-state index in [1.807, 2.05) is 6.07 Å². The second-order valence-corrected chi connectivity index (χ2v) is 3.97. The summed E-state index contributed by atoms with van der Waals surface area (Å²) in [6, 6.07) is 8.89. The molecular weight excluding hydrogens is 260 g/mol. The molecule has 0 aliphatic carbocycles. The van der Waals surface area contributed by atoms with Crippen LogP contribution in [0.25, 0.3) is 23.0 Å². The van der Waals surface area contributed by atoms with Crippen molar-refractivity contribution in [2.24, 2.45) is 0 Å². The Labute approximate surface area is 114 Å². The van der Waals surface area contributed by atoms with E-state index in [0.29, 0.717) is 29.0 Å². The second kappa shape index (κ2) is 5.08. The van der Waals surface area contributed by atoms with E-state index in [-0.39, 0.29) is 0 Å². The van der Waals surface area contributed by atoms with Gasteiger partial charge in [-0.05, 0) is 24.3 Å². The molecule has 6 nitrogen and oxygen atoms in total. The van der Waals surface area contributed by atoms with Gasteiger partial charge in [0, 0.05) is 6.07 Å². The lowest BCUT2D eigenvalue weighted by Crippen LogP contribution is -1.91. The van der Waals surface area contributed by atoms with Gasteiger partial charge in [0.1, 0.15) is 11.5 Å². The summed E-state index contributed by atoms with van der Waals surface area (Å²) in [6.07, 6.45) is 1.55. The molecule has 102 valence electrons. The van der Waals surface area contributed by atoms with Crippen molar-refractivity contribution in [2.75, 3.05) is 14.2 Å². The van der Waals surface area contributed by atoms with Gasteiger partial charge in [-0.15, -0.1) is 0 Å². The van der Waals surface area contributed by atoms with Gasteiger partial charge < -0.3 is 18.4 Å². The number of aromatic nitrogens is 2. The highest BCUT2D eigenvalue weighted by Crippen LogP contribution is 2.32. The van der Waals surface area contributed by atoms with Crippen molar-refractivity contribution < 1.29 is 18.4 Å². The molecule has 0 unspecified atom stereocenters. The predicted octanol–water partition coefficient (Wildman–Crippen LogP) is 3.01. The van der Waals surface area contributed by atoms with Gasteiger partial charge in [-0.25, -0.2) is 0 Å². The quantitative estimate of drug-likeness (QED) is 0.727. The van der Waals surface area contributed by atoms with E-state index in [0.717, 1.165) is 5.56 Å². The summed E-state index contributed by atoms with van der Waals surface area (Å²) in [5, 5.41) is 3.94. The van der Waals surface area contributed by atoms with E-state index in [2.05, 4.69) is 10.1 Å². The molecule has 3 rings (SSSR count). The first-order valence-corrected chi connectivity index (χ1v) is 5.92. The molecule has 0 radical (unpaired) electrons. The van der Waals surface area contributed by atoms with Crippen LogP contribution >= 0.6 is 0 Å². The van der Waals surface area contributed by atoms with E-state index < -0.39 is 0 Å². The van der Waals surface area contributed by atoms with Gasteiger partial charge in [0.2, 0.25) is 5.82 Å². The topological polar surface area (TPSA) is 70.5 Å². The summed E-state index contributed by atoms with van der Waals surface area (Å²) >= 11 is 0. The van der Waals surface area contributed by atoms with Crippen molar-refractivity contribution in [3.63, 3.8) is 0 Å². The van der Waals surface area contributed by atoms with Gasteiger partial charge in [0.25, 0.3) is 5.89 Å². The van der Waals surface area contributed by atoms with Gasteiger partial charge in [-0.3, -0.25) is 0 Å². The maximum Gasteiger partial charge on any atom is 0.293 e. The zero-order chi connectivity index (χ0) is 13.9. The molecule has 0 aliphatic rings. The SMILES string of the molecule is COc1ccc(-c2noc(-c3ccco3)n2)c(OC)c1. The van der Waals surface area contributed by atoms with Crippen molar-refractivity contribution in [1.82, 2.24) is 10.1 Å². The Morgan fingerprint density at radius 2 is 2.00 bits per heavy atom. The Bertz CT molecular complexity index is 704. The molecule has 0 saturated carbocycles. The van der Waals surface area contributed by atoms with Gasteiger partial charge in [0.05, 0.1) is 26.0 Å². The summed E-state index contributed by atoms with van der Waals surface area (Å²) in [7, 11) is 3.17. The molecule has 2 aromatic heterocycles. The Morgan fingerprint density at radius 1 is 1.10 bits per heavy atom. The second-order valence-electron chi connectivity index (χ2n) is 3.97. The molecule has 0 amide bonds. The Kier molecular flexibility index (Phi) is 3.12. The highest BCUT2D eigenvalue weighted by Gasteiger charge is 2.16. The first kappa shape index (κ1) is 12.3. The third-order valence-electron chi connectivity index (χ3n) is 2.81. The number of hydrogen-bond acceptors (Lipinski definition) is 6. The van der Waals surface area contributed by atoms with Gasteiger partial charge in [-0.1, -0.05) is 5.16 Å². The van der Waals surface area contributed by atoms with Crippen molar-refractivity contribution >= 4 is 0 Å². The van der Waals surface area contributed by atoms with E-state index in [1.165, 1.54) is 0 Å². The minimum Gasteiger partial charge on any atom is -0.497 e. The molecular formula is C14H12N2O4. The highest BCUT2D eigenvalue weighted by molar-refractivity contribution is 5.66. The Hall–Kier alpha value is -2.76. The standard InChI is InChI=1S/C14H12N2O4/c1-17-9-5-6-10(12(8-9)18-2)13-15-14(20-16-13)11-4-3-7-19-11/h3-8H,1-2H3. The Balaban J connectivity index is 2.01. The van der Waals surface area contributed by atoms with Crippen LogP contribution < -0.4 is 9.47 Å². The summed E-state index contributed by atoms with van der Waals surface area (Å²) in [5.74, 6) is 2.58. The molecule has 2 heterocycles. The average molecular weight is 272 g/mol. The average Bonchev–Trinajstić information content (AvgIpc) is 3.17. The molecule has 0 N–H and O–H groups in total. The lowest BCUT2D eigenvalue weighted by atomic mass is 10.2. The maximum absolute atomic E-state index is 5.32. The smallest absolute Gasteiger partial charge is 0.293 e. The number of rotatable bonds is 4. The Morgan fingerprint density at radius 3 is 2.70 bits per heavy atom. The number of ether oxygens (including phenoxy) is 2. The number of hydrogen-bond donors (Lipinski definition) is 0. The molecule has 0 spiro atoms. The zero-order valence-corrected chi connectivity index (χ0v) is 11.0. The van der Waals surface area contributed by atoms with Crippen LogP contribution in [0.5, 0.6) is 11.5 Å². The maximum atomic E-state index is 5.32. The minimum atomic E-state index is 0.322. The number of benzene rings is 1. The largest absolute Gasteiger partial charge is 0.497 e. The molecule has 20 heavy (non-hydrogen) atoms. The van der Waals surface area contributed by atoms with Gasteiger partial charge in [-0.2, -0.15) is 4.98 Å². The molecule has 0 saturated heterocycles. The minimum absolute atomic E-state index is 0.322. The van der Waals surface area contributed by atoms with Crippen molar-refractivity contribution in [3.8, 4) is 34.5 Å². The third-order valence-corrected chi connectivity index (χ3v) is 2.81. The molecule has 6 heteroatoms. The van der Waals surface area contributed by atoms with Crippen molar-refractivity contribution in [1.29, 1.82) is 0 Å². The predicted molar refractivity (Wildman–Crippen MR) is 70.5 cm³/mol.